The maximum atomic E-state index is 11.1. The Kier molecular flexibility index (Phi) is 1.66. The van der Waals surface area contributed by atoms with Gasteiger partial charge in [-0.15, -0.1) is 0 Å². The molecule has 13 heavy (non-hydrogen) atoms. The van der Waals surface area contributed by atoms with Crippen molar-refractivity contribution in [3.63, 3.8) is 0 Å². The summed E-state index contributed by atoms with van der Waals surface area (Å²) in [7, 11) is 0. The fraction of sp³-hybridized carbons (Fsp3) is 0. The van der Waals surface area contributed by atoms with Crippen LogP contribution in [0.5, 0.6) is 0 Å². The van der Waals surface area contributed by atoms with Crippen molar-refractivity contribution in [3.05, 3.63) is 40.8 Å². The lowest BCUT2D eigenvalue weighted by molar-refractivity contribution is 1.22. The summed E-state index contributed by atoms with van der Waals surface area (Å²) in [4.78, 5) is 16.7. The average molecular weight is 175 g/mol. The Balaban J connectivity index is 2.59. The molecule has 2 aromatic heterocycles. The molecular weight excluding hydrogens is 166 g/mol. The molecule has 0 spiro atoms. The number of nitrogen functional groups attached to an aromatic ring is 1. The molecule has 2 heterocycles. The topological polar surface area (TPSA) is 74.7 Å². The maximum Gasteiger partial charge on any atom is 0.250 e. The molecule has 0 saturated carbocycles. The van der Waals surface area contributed by atoms with E-state index in [1.54, 1.807) is 12.3 Å². The van der Waals surface area contributed by atoms with Gasteiger partial charge in [-0.25, -0.2) is 0 Å². The second-order valence-corrected chi connectivity index (χ2v) is 2.78. The Bertz CT molecular complexity index is 456. The molecule has 2 aromatic rings. The van der Waals surface area contributed by atoms with Crippen molar-refractivity contribution < 1.29 is 0 Å². The van der Waals surface area contributed by atoms with E-state index < -0.39 is 0 Å². The van der Waals surface area contributed by atoms with E-state index in [1.807, 2.05) is 12.1 Å². The zero-order valence-corrected chi connectivity index (χ0v) is 6.87. The zero-order chi connectivity index (χ0) is 9.26. The van der Waals surface area contributed by atoms with Crippen molar-refractivity contribution in [1.29, 1.82) is 0 Å². The largest absolute Gasteiger partial charge is 0.399 e. The molecule has 66 valence electrons. The normalized spacial score (nSPS) is 10.2. The molecule has 0 aliphatic carbocycles. The van der Waals surface area contributed by atoms with E-state index in [1.165, 1.54) is 6.07 Å². The summed E-state index contributed by atoms with van der Waals surface area (Å²) in [5, 5.41) is 0. The SMILES string of the molecule is Nc1cc(-c2ccc[nH]2)[nH]c(=O)c1. The summed E-state index contributed by atoms with van der Waals surface area (Å²) in [5.74, 6) is 0. The van der Waals surface area contributed by atoms with Crippen LogP contribution in [0.25, 0.3) is 11.4 Å². The predicted molar refractivity (Wildman–Crippen MR) is 51.3 cm³/mol. The van der Waals surface area contributed by atoms with E-state index in [2.05, 4.69) is 9.97 Å². The first-order valence-electron chi connectivity index (χ1n) is 3.89. The number of pyridine rings is 1. The highest BCUT2D eigenvalue weighted by molar-refractivity contribution is 5.59. The van der Waals surface area contributed by atoms with E-state index in [-0.39, 0.29) is 5.56 Å². The number of aromatic nitrogens is 2. The number of rotatable bonds is 1. The highest BCUT2D eigenvalue weighted by atomic mass is 16.1. The summed E-state index contributed by atoms with van der Waals surface area (Å²) in [6.07, 6.45) is 1.79. The second-order valence-electron chi connectivity index (χ2n) is 2.78. The predicted octanol–water partition coefficient (Wildman–Crippen LogP) is 0.952. The molecule has 0 saturated heterocycles. The molecule has 0 unspecified atom stereocenters. The van der Waals surface area contributed by atoms with Crippen LogP contribution in [0.2, 0.25) is 0 Å². The van der Waals surface area contributed by atoms with Crippen LogP contribution in [-0.2, 0) is 0 Å². The Morgan fingerprint density at radius 3 is 2.69 bits per heavy atom. The number of aromatic amines is 2. The van der Waals surface area contributed by atoms with Gasteiger partial charge in [0.2, 0.25) is 5.56 Å². The molecule has 0 fully saturated rings. The molecule has 0 radical (unpaired) electrons. The Morgan fingerprint density at radius 2 is 2.08 bits per heavy atom. The molecule has 0 aliphatic heterocycles. The van der Waals surface area contributed by atoms with E-state index in [9.17, 15) is 4.79 Å². The lowest BCUT2D eigenvalue weighted by atomic mass is 10.2. The number of anilines is 1. The van der Waals surface area contributed by atoms with Crippen LogP contribution in [-0.4, -0.2) is 9.97 Å². The van der Waals surface area contributed by atoms with Crippen LogP contribution >= 0.6 is 0 Å². The van der Waals surface area contributed by atoms with E-state index in [0.29, 0.717) is 11.4 Å². The van der Waals surface area contributed by atoms with Crippen LogP contribution in [0.15, 0.2) is 35.3 Å². The van der Waals surface area contributed by atoms with Gasteiger partial charge in [0.15, 0.2) is 0 Å². The van der Waals surface area contributed by atoms with Crippen molar-refractivity contribution in [2.75, 3.05) is 5.73 Å². The number of nitrogens with one attached hydrogen (secondary N) is 2. The third-order valence-corrected chi connectivity index (χ3v) is 1.75. The second kappa shape index (κ2) is 2.82. The van der Waals surface area contributed by atoms with Crippen molar-refractivity contribution >= 4 is 5.69 Å². The fourth-order valence-corrected chi connectivity index (χ4v) is 1.21. The third kappa shape index (κ3) is 1.46. The van der Waals surface area contributed by atoms with Gasteiger partial charge in [0, 0.05) is 18.0 Å². The van der Waals surface area contributed by atoms with Crippen LogP contribution in [0.4, 0.5) is 5.69 Å². The first-order chi connectivity index (χ1) is 6.25. The molecule has 0 amide bonds. The Hall–Kier alpha value is -1.97. The maximum absolute atomic E-state index is 11.1. The third-order valence-electron chi connectivity index (χ3n) is 1.75. The van der Waals surface area contributed by atoms with Crippen molar-refractivity contribution in [3.8, 4) is 11.4 Å². The average Bonchev–Trinajstić information content (AvgIpc) is 2.53. The molecule has 0 aliphatic rings. The first-order valence-corrected chi connectivity index (χ1v) is 3.89. The van der Waals surface area contributed by atoms with Crippen molar-refractivity contribution in [2.24, 2.45) is 0 Å². The highest BCUT2D eigenvalue weighted by Gasteiger charge is 1.99. The van der Waals surface area contributed by atoms with E-state index in [4.69, 9.17) is 5.73 Å². The van der Waals surface area contributed by atoms with Gasteiger partial charge >= 0.3 is 0 Å². The van der Waals surface area contributed by atoms with Crippen LogP contribution in [0.1, 0.15) is 0 Å². The minimum absolute atomic E-state index is 0.190. The zero-order valence-electron chi connectivity index (χ0n) is 6.87. The number of nitrogens with two attached hydrogens (primary N) is 1. The molecule has 0 aromatic carbocycles. The summed E-state index contributed by atoms with van der Waals surface area (Å²) in [6.45, 7) is 0. The van der Waals surface area contributed by atoms with Gasteiger partial charge in [0.05, 0.1) is 11.4 Å². The summed E-state index contributed by atoms with van der Waals surface area (Å²) < 4.78 is 0. The molecule has 0 bridgehead atoms. The quantitative estimate of drug-likeness (QED) is 0.603. The van der Waals surface area contributed by atoms with Crippen molar-refractivity contribution in [1.82, 2.24) is 9.97 Å². The molecule has 4 N–H and O–H groups in total. The molecule has 0 atom stereocenters. The smallest absolute Gasteiger partial charge is 0.250 e. The summed E-state index contributed by atoms with van der Waals surface area (Å²) >= 11 is 0. The highest BCUT2D eigenvalue weighted by Crippen LogP contribution is 2.14. The van der Waals surface area contributed by atoms with Gasteiger partial charge in [-0.05, 0) is 18.2 Å². The number of hydrogen-bond acceptors (Lipinski definition) is 2. The minimum atomic E-state index is -0.190. The van der Waals surface area contributed by atoms with Gasteiger partial charge in [-0.2, -0.15) is 0 Å². The van der Waals surface area contributed by atoms with Gasteiger partial charge < -0.3 is 15.7 Å². The standard InChI is InChI=1S/C9H9N3O/c10-6-4-8(12-9(13)5-6)7-2-1-3-11-7/h1-5,11H,(H3,10,12,13). The van der Waals surface area contributed by atoms with Crippen LogP contribution < -0.4 is 11.3 Å². The molecule has 2 rings (SSSR count). The monoisotopic (exact) mass is 175 g/mol. The van der Waals surface area contributed by atoms with Crippen LogP contribution in [0, 0.1) is 0 Å². The summed E-state index contributed by atoms with van der Waals surface area (Å²) in [5.41, 5.74) is 7.36. The summed E-state index contributed by atoms with van der Waals surface area (Å²) in [6, 6.07) is 6.79. The Labute approximate surface area is 74.4 Å². The van der Waals surface area contributed by atoms with Gasteiger partial charge in [-0.3, -0.25) is 4.79 Å². The van der Waals surface area contributed by atoms with Gasteiger partial charge in [0.25, 0.3) is 0 Å². The van der Waals surface area contributed by atoms with Gasteiger partial charge in [-0.1, -0.05) is 0 Å². The fourth-order valence-electron chi connectivity index (χ4n) is 1.21. The minimum Gasteiger partial charge on any atom is -0.399 e. The molecule has 4 heteroatoms. The molecule has 4 nitrogen and oxygen atoms in total. The molecular formula is C9H9N3O. The van der Waals surface area contributed by atoms with Gasteiger partial charge in [0.1, 0.15) is 0 Å². The van der Waals surface area contributed by atoms with Crippen molar-refractivity contribution in [2.45, 2.75) is 0 Å². The lowest BCUT2D eigenvalue weighted by Gasteiger charge is -1.98. The Morgan fingerprint density at radius 1 is 1.23 bits per heavy atom. The number of hydrogen-bond donors (Lipinski definition) is 3. The first kappa shape index (κ1) is 7.67. The van der Waals surface area contributed by atoms with Crippen LogP contribution in [0.3, 0.4) is 0 Å². The number of H-pyrrole nitrogens is 2. The van der Waals surface area contributed by atoms with E-state index >= 15 is 0 Å². The lowest BCUT2D eigenvalue weighted by Crippen LogP contribution is -2.06. The van der Waals surface area contributed by atoms with E-state index in [0.717, 1.165) is 5.69 Å².